The van der Waals surface area contributed by atoms with Crippen LogP contribution in [0.15, 0.2) is 10.9 Å². The molecule has 0 atom stereocenters. The van der Waals surface area contributed by atoms with E-state index in [-0.39, 0.29) is 5.56 Å². The number of aromatic carboxylic acids is 1. The molecular formula is C11H12N3O4+. The Labute approximate surface area is 102 Å². The lowest BCUT2D eigenvalue weighted by molar-refractivity contribution is -0.684. The van der Waals surface area contributed by atoms with E-state index < -0.39 is 11.5 Å². The van der Waals surface area contributed by atoms with Crippen LogP contribution in [0.4, 0.5) is 0 Å². The normalized spacial score (nSPS) is 10.6. The van der Waals surface area contributed by atoms with Gasteiger partial charge in [-0.2, -0.15) is 4.57 Å². The van der Waals surface area contributed by atoms with E-state index in [0.717, 1.165) is 5.69 Å². The quantitative estimate of drug-likeness (QED) is 0.717. The van der Waals surface area contributed by atoms with Crippen LogP contribution in [-0.2, 0) is 7.05 Å². The average Bonchev–Trinajstić information content (AvgIpc) is 2.32. The molecule has 0 radical (unpaired) electrons. The number of nitrogens with zero attached hydrogens (tertiary/aromatic N) is 2. The second kappa shape index (κ2) is 4.10. The summed E-state index contributed by atoms with van der Waals surface area (Å²) in [4.78, 5) is 29.0. The van der Waals surface area contributed by atoms with Gasteiger partial charge in [-0.3, -0.25) is 9.78 Å². The molecule has 0 spiro atoms. The minimum atomic E-state index is -1.27. The summed E-state index contributed by atoms with van der Waals surface area (Å²) in [5.74, 6) is -1.27. The first-order chi connectivity index (χ1) is 8.45. The van der Waals surface area contributed by atoms with Crippen molar-refractivity contribution in [1.82, 2.24) is 9.97 Å². The van der Waals surface area contributed by atoms with Crippen molar-refractivity contribution >= 4 is 17.0 Å². The lowest BCUT2D eigenvalue weighted by Gasteiger charge is -2.03. The van der Waals surface area contributed by atoms with Crippen molar-refractivity contribution in [1.29, 1.82) is 0 Å². The Kier molecular flexibility index (Phi) is 2.74. The molecule has 0 aromatic carbocycles. The molecule has 7 nitrogen and oxygen atoms in total. The van der Waals surface area contributed by atoms with E-state index in [0.29, 0.717) is 17.0 Å². The maximum absolute atomic E-state index is 11.5. The summed E-state index contributed by atoms with van der Waals surface area (Å²) >= 11 is 0. The molecule has 2 N–H and O–H groups in total. The molecule has 0 aliphatic rings. The van der Waals surface area contributed by atoms with Crippen molar-refractivity contribution in [3.63, 3.8) is 0 Å². The molecule has 2 rings (SSSR count). The van der Waals surface area contributed by atoms with Crippen LogP contribution < -0.4 is 14.9 Å². The molecule has 0 aliphatic heterocycles. The van der Waals surface area contributed by atoms with Gasteiger partial charge < -0.3 is 9.84 Å². The van der Waals surface area contributed by atoms with Crippen LogP contribution in [0.3, 0.4) is 0 Å². The highest BCUT2D eigenvalue weighted by Gasteiger charge is 2.21. The van der Waals surface area contributed by atoms with E-state index in [4.69, 9.17) is 9.84 Å². The van der Waals surface area contributed by atoms with Crippen molar-refractivity contribution in [2.45, 2.75) is 6.92 Å². The van der Waals surface area contributed by atoms with Gasteiger partial charge in [0, 0.05) is 4.98 Å². The second-order valence-electron chi connectivity index (χ2n) is 3.82. The molecule has 0 fully saturated rings. The Balaban J connectivity index is 2.90. The third-order valence-electron chi connectivity index (χ3n) is 2.82. The number of rotatable bonds is 2. The van der Waals surface area contributed by atoms with E-state index in [2.05, 4.69) is 9.97 Å². The van der Waals surface area contributed by atoms with Gasteiger partial charge in [-0.1, -0.05) is 0 Å². The predicted molar refractivity (Wildman–Crippen MR) is 61.8 cm³/mol. The summed E-state index contributed by atoms with van der Waals surface area (Å²) in [6, 6.07) is 1.65. The molecule has 0 bridgehead atoms. The zero-order chi connectivity index (χ0) is 13.4. The van der Waals surface area contributed by atoms with Crippen LogP contribution >= 0.6 is 0 Å². The number of fused-ring (bicyclic) bond motifs is 1. The fourth-order valence-electron chi connectivity index (χ4n) is 1.72. The SMILES string of the molecule is COc1nc2[nH]c(=O)c(C(=O)O)cc2c(C)[n+]1C. The number of carbonyl (C=O) groups is 1. The summed E-state index contributed by atoms with van der Waals surface area (Å²) in [5.41, 5.74) is 0.0587. The number of nitrogens with one attached hydrogen (secondary N) is 1. The van der Waals surface area contributed by atoms with E-state index in [1.807, 2.05) is 0 Å². The van der Waals surface area contributed by atoms with E-state index in [9.17, 15) is 9.59 Å². The van der Waals surface area contributed by atoms with Gasteiger partial charge in [-0.05, 0) is 13.0 Å². The molecule has 0 saturated heterocycles. The number of hydrogen-bond acceptors (Lipinski definition) is 4. The Morgan fingerprint density at radius 2 is 2.22 bits per heavy atom. The van der Waals surface area contributed by atoms with Crippen molar-refractivity contribution in [3.05, 3.63) is 27.7 Å². The lowest BCUT2D eigenvalue weighted by atomic mass is 10.2. The number of carboxylic acid groups (broad SMARTS) is 1. The summed E-state index contributed by atoms with van der Waals surface area (Å²) in [7, 11) is 3.21. The van der Waals surface area contributed by atoms with Gasteiger partial charge in [0.05, 0.1) is 19.5 Å². The first-order valence-electron chi connectivity index (χ1n) is 5.16. The van der Waals surface area contributed by atoms with Crippen LogP contribution in [-0.4, -0.2) is 28.2 Å². The van der Waals surface area contributed by atoms with Gasteiger partial charge in [-0.15, -0.1) is 0 Å². The summed E-state index contributed by atoms with van der Waals surface area (Å²) in [6.45, 7) is 1.79. The second-order valence-corrected chi connectivity index (χ2v) is 3.82. The lowest BCUT2D eigenvalue weighted by Crippen LogP contribution is -2.36. The molecule has 18 heavy (non-hydrogen) atoms. The molecule has 0 aliphatic carbocycles. The number of methoxy groups -OCH3 is 1. The largest absolute Gasteiger partial charge is 0.500 e. The van der Waals surface area contributed by atoms with Gasteiger partial charge in [0.1, 0.15) is 11.3 Å². The van der Waals surface area contributed by atoms with Gasteiger partial charge in [0.25, 0.3) is 11.2 Å². The van der Waals surface area contributed by atoms with Gasteiger partial charge in [-0.25, -0.2) is 4.79 Å². The van der Waals surface area contributed by atoms with E-state index in [1.54, 1.807) is 18.5 Å². The van der Waals surface area contributed by atoms with E-state index >= 15 is 0 Å². The number of aromatic nitrogens is 3. The third kappa shape index (κ3) is 1.69. The van der Waals surface area contributed by atoms with Crippen molar-refractivity contribution < 1.29 is 19.2 Å². The number of ether oxygens (including phenoxy) is 1. The third-order valence-corrected chi connectivity index (χ3v) is 2.82. The molecule has 2 aromatic heterocycles. The summed E-state index contributed by atoms with van der Waals surface area (Å²) < 4.78 is 6.74. The van der Waals surface area contributed by atoms with Crippen molar-refractivity contribution in [2.24, 2.45) is 7.05 Å². The highest BCUT2D eigenvalue weighted by molar-refractivity contribution is 5.91. The van der Waals surface area contributed by atoms with Crippen LogP contribution in [0.1, 0.15) is 16.1 Å². The zero-order valence-electron chi connectivity index (χ0n) is 10.1. The van der Waals surface area contributed by atoms with Gasteiger partial charge in [0.2, 0.25) is 0 Å². The minimum absolute atomic E-state index is 0.303. The molecule has 0 unspecified atom stereocenters. The predicted octanol–water partition coefficient (Wildman–Crippen LogP) is -0.237. The fourth-order valence-corrected chi connectivity index (χ4v) is 1.72. The molecule has 7 heteroatoms. The topological polar surface area (TPSA) is 96.2 Å². The van der Waals surface area contributed by atoms with Crippen LogP contribution in [0.5, 0.6) is 6.01 Å². The summed E-state index contributed by atoms with van der Waals surface area (Å²) in [5, 5.41) is 9.48. The number of aryl methyl sites for hydroxylation is 1. The highest BCUT2D eigenvalue weighted by atomic mass is 16.5. The van der Waals surface area contributed by atoms with Crippen molar-refractivity contribution in [3.8, 4) is 6.01 Å². The number of carboxylic acids is 1. The zero-order valence-corrected chi connectivity index (χ0v) is 10.1. The Hall–Kier alpha value is -2.44. The summed E-state index contributed by atoms with van der Waals surface area (Å²) in [6.07, 6.45) is 0. The first kappa shape index (κ1) is 12.0. The number of pyridine rings is 1. The van der Waals surface area contributed by atoms with Gasteiger partial charge in [0.15, 0.2) is 0 Å². The van der Waals surface area contributed by atoms with Crippen LogP contribution in [0, 0.1) is 6.92 Å². The average molecular weight is 250 g/mol. The van der Waals surface area contributed by atoms with Crippen LogP contribution in [0.25, 0.3) is 11.0 Å². The first-order valence-corrected chi connectivity index (χ1v) is 5.16. The highest BCUT2D eigenvalue weighted by Crippen LogP contribution is 2.14. The molecule has 2 aromatic rings. The van der Waals surface area contributed by atoms with Gasteiger partial charge >= 0.3 is 12.0 Å². The molecule has 0 amide bonds. The molecular weight excluding hydrogens is 238 g/mol. The maximum atomic E-state index is 11.5. The van der Waals surface area contributed by atoms with E-state index in [1.165, 1.54) is 13.2 Å². The molecule has 2 heterocycles. The van der Waals surface area contributed by atoms with Crippen molar-refractivity contribution in [2.75, 3.05) is 7.11 Å². The Morgan fingerprint density at radius 1 is 1.56 bits per heavy atom. The van der Waals surface area contributed by atoms with Crippen LogP contribution in [0.2, 0.25) is 0 Å². The Morgan fingerprint density at radius 3 is 2.78 bits per heavy atom. The fraction of sp³-hybridized carbons (Fsp3) is 0.273. The number of H-pyrrole nitrogens is 1. The standard InChI is InChI=1S/C11H11N3O4/c1-5-6-4-7(10(16)17)9(15)12-8(6)13-11(18-3)14(5)2/h4H,1-3H3,(H,16,17)/p+1. The number of aromatic amines is 1. The monoisotopic (exact) mass is 250 g/mol. The smallest absolute Gasteiger partial charge is 0.477 e. The Bertz CT molecular complexity index is 705. The molecule has 0 saturated carbocycles. The minimum Gasteiger partial charge on any atom is -0.477 e. The maximum Gasteiger partial charge on any atom is 0.500 e. The number of hydrogen-bond donors (Lipinski definition) is 2. The molecule has 94 valence electrons.